The van der Waals surface area contributed by atoms with Gasteiger partial charge in [-0.1, -0.05) is 37.3 Å². The highest BCUT2D eigenvalue weighted by atomic mass is 32.1. The number of carbonyl (C=O) groups is 1. The van der Waals surface area contributed by atoms with Crippen LogP contribution in [0, 0.1) is 0 Å². The number of ether oxygens (including phenoxy) is 1. The van der Waals surface area contributed by atoms with Crippen molar-refractivity contribution in [2.24, 2.45) is 0 Å². The number of aliphatic carboxylic acids is 1. The van der Waals surface area contributed by atoms with Gasteiger partial charge in [-0.15, -0.1) is 11.3 Å². The van der Waals surface area contributed by atoms with Crippen LogP contribution in [0.5, 0.6) is 0 Å². The molecule has 0 spiro atoms. The molecule has 20 heavy (non-hydrogen) atoms. The molecule has 106 valence electrons. The largest absolute Gasteiger partial charge is 0.481 e. The summed E-state index contributed by atoms with van der Waals surface area (Å²) in [4.78, 5) is 16.3. The maximum Gasteiger partial charge on any atom is 0.308 e. The zero-order valence-corrected chi connectivity index (χ0v) is 12.2. The average molecular weight is 291 g/mol. The summed E-state index contributed by atoms with van der Waals surface area (Å²) in [7, 11) is 0. The normalized spacial score (nSPS) is 10.7. The minimum atomic E-state index is -0.841. The zero-order chi connectivity index (χ0) is 14.4. The van der Waals surface area contributed by atoms with E-state index in [4.69, 9.17) is 9.84 Å². The van der Waals surface area contributed by atoms with E-state index in [9.17, 15) is 4.79 Å². The van der Waals surface area contributed by atoms with E-state index in [0.717, 1.165) is 27.6 Å². The summed E-state index contributed by atoms with van der Waals surface area (Å²) in [5.74, 6) is -0.841. The van der Waals surface area contributed by atoms with Gasteiger partial charge < -0.3 is 9.84 Å². The molecular formula is C15H17NO3S. The molecule has 0 radical (unpaired) electrons. The van der Waals surface area contributed by atoms with Crippen molar-refractivity contribution in [2.45, 2.75) is 26.4 Å². The van der Waals surface area contributed by atoms with Crippen LogP contribution in [0.25, 0.3) is 11.3 Å². The highest BCUT2D eigenvalue weighted by Gasteiger charge is 2.15. The third-order valence-corrected chi connectivity index (χ3v) is 3.70. The van der Waals surface area contributed by atoms with Gasteiger partial charge in [-0.3, -0.25) is 4.79 Å². The van der Waals surface area contributed by atoms with E-state index in [1.165, 1.54) is 11.3 Å². The number of hydrogen-bond acceptors (Lipinski definition) is 4. The molecule has 0 saturated heterocycles. The molecule has 0 aliphatic carbocycles. The van der Waals surface area contributed by atoms with E-state index < -0.39 is 5.97 Å². The number of carboxylic acid groups (broad SMARTS) is 1. The number of nitrogens with zero attached hydrogens (tertiary/aromatic N) is 1. The molecule has 5 heteroatoms. The first-order valence-corrected chi connectivity index (χ1v) is 7.36. The smallest absolute Gasteiger partial charge is 0.308 e. The minimum Gasteiger partial charge on any atom is -0.481 e. The number of hydrogen-bond donors (Lipinski definition) is 1. The van der Waals surface area contributed by atoms with Crippen LogP contribution in [0.15, 0.2) is 30.3 Å². The highest BCUT2D eigenvalue weighted by Crippen LogP contribution is 2.29. The average Bonchev–Trinajstić information content (AvgIpc) is 2.82. The van der Waals surface area contributed by atoms with E-state index >= 15 is 0 Å². The Hall–Kier alpha value is -1.72. The van der Waals surface area contributed by atoms with Crippen molar-refractivity contribution in [1.82, 2.24) is 4.98 Å². The second kappa shape index (κ2) is 7.17. The van der Waals surface area contributed by atoms with Gasteiger partial charge in [0.25, 0.3) is 0 Å². The molecule has 0 unspecified atom stereocenters. The third-order valence-electron chi connectivity index (χ3n) is 2.67. The van der Waals surface area contributed by atoms with Crippen molar-refractivity contribution in [2.75, 3.05) is 6.61 Å². The van der Waals surface area contributed by atoms with Gasteiger partial charge in [-0.2, -0.15) is 0 Å². The minimum absolute atomic E-state index is 0.00429. The SMILES string of the molecule is CCCOCc1nc(-c2ccccc2)c(CC(=O)O)s1. The predicted molar refractivity (Wildman–Crippen MR) is 78.8 cm³/mol. The number of aromatic nitrogens is 1. The molecule has 2 rings (SSSR count). The lowest BCUT2D eigenvalue weighted by Gasteiger charge is -1.99. The van der Waals surface area contributed by atoms with Crippen molar-refractivity contribution in [3.63, 3.8) is 0 Å². The summed E-state index contributed by atoms with van der Waals surface area (Å²) >= 11 is 1.42. The molecule has 2 aromatic rings. The van der Waals surface area contributed by atoms with Gasteiger partial charge in [0.2, 0.25) is 0 Å². The molecule has 0 fully saturated rings. The second-order valence-corrected chi connectivity index (χ2v) is 5.54. The van der Waals surface area contributed by atoms with Gasteiger partial charge in [0.1, 0.15) is 5.01 Å². The fraction of sp³-hybridized carbons (Fsp3) is 0.333. The molecule has 0 atom stereocenters. The molecule has 0 saturated carbocycles. The number of benzene rings is 1. The Labute approximate surface area is 122 Å². The van der Waals surface area contributed by atoms with Crippen LogP contribution < -0.4 is 0 Å². The molecule has 4 nitrogen and oxygen atoms in total. The lowest BCUT2D eigenvalue weighted by Crippen LogP contribution is -1.99. The summed E-state index contributed by atoms with van der Waals surface area (Å²) in [6.07, 6.45) is 0.953. The van der Waals surface area contributed by atoms with Crippen LogP contribution >= 0.6 is 11.3 Å². The first-order valence-electron chi connectivity index (χ1n) is 6.54. The molecule has 0 amide bonds. The van der Waals surface area contributed by atoms with Gasteiger partial charge in [0.05, 0.1) is 18.7 Å². The summed E-state index contributed by atoms with van der Waals surface area (Å²) in [5, 5.41) is 9.84. The standard InChI is InChI=1S/C15H17NO3S/c1-2-8-19-10-13-16-15(11-6-4-3-5-7-11)12(20-13)9-14(17)18/h3-7H,2,8-10H2,1H3,(H,17,18). The maximum atomic E-state index is 11.0. The molecule has 1 heterocycles. The first-order chi connectivity index (χ1) is 9.70. The molecule has 0 aliphatic rings. The van der Waals surface area contributed by atoms with Crippen LogP contribution in [-0.2, 0) is 22.6 Å². The van der Waals surface area contributed by atoms with Crippen molar-refractivity contribution in [3.8, 4) is 11.3 Å². The molecule has 0 bridgehead atoms. The van der Waals surface area contributed by atoms with Gasteiger partial charge in [-0.05, 0) is 6.42 Å². The van der Waals surface area contributed by atoms with E-state index in [1.54, 1.807) is 0 Å². The zero-order valence-electron chi connectivity index (χ0n) is 11.3. The monoisotopic (exact) mass is 291 g/mol. The second-order valence-electron chi connectivity index (χ2n) is 4.37. The van der Waals surface area contributed by atoms with E-state index in [-0.39, 0.29) is 6.42 Å². The Morgan fingerprint density at radius 2 is 2.10 bits per heavy atom. The molecule has 1 N–H and O–H groups in total. The molecular weight excluding hydrogens is 274 g/mol. The first kappa shape index (κ1) is 14.7. The third kappa shape index (κ3) is 3.88. The number of thiazole rings is 1. The van der Waals surface area contributed by atoms with E-state index in [1.807, 2.05) is 37.3 Å². The van der Waals surface area contributed by atoms with Gasteiger partial charge in [0, 0.05) is 17.0 Å². The Bertz CT molecular complexity index is 566. The Balaban J connectivity index is 2.25. The summed E-state index contributed by atoms with van der Waals surface area (Å²) in [6.45, 7) is 3.18. The van der Waals surface area contributed by atoms with Crippen molar-refractivity contribution >= 4 is 17.3 Å². The van der Waals surface area contributed by atoms with Crippen LogP contribution in [0.2, 0.25) is 0 Å². The van der Waals surface area contributed by atoms with Gasteiger partial charge in [-0.25, -0.2) is 4.98 Å². The van der Waals surface area contributed by atoms with Crippen LogP contribution in [0.4, 0.5) is 0 Å². The van der Waals surface area contributed by atoms with Crippen molar-refractivity contribution < 1.29 is 14.6 Å². The molecule has 0 aliphatic heterocycles. The summed E-state index contributed by atoms with van der Waals surface area (Å²) < 4.78 is 5.48. The fourth-order valence-corrected chi connectivity index (χ4v) is 2.86. The topological polar surface area (TPSA) is 59.4 Å². The van der Waals surface area contributed by atoms with Gasteiger partial charge in [0.15, 0.2) is 0 Å². The van der Waals surface area contributed by atoms with E-state index in [2.05, 4.69) is 4.98 Å². The molecule has 1 aromatic heterocycles. The predicted octanol–water partition coefficient (Wildman–Crippen LogP) is 3.36. The summed E-state index contributed by atoms with van der Waals surface area (Å²) in [5.41, 5.74) is 1.70. The quantitative estimate of drug-likeness (QED) is 0.795. The van der Waals surface area contributed by atoms with Crippen LogP contribution in [-0.4, -0.2) is 22.7 Å². The van der Waals surface area contributed by atoms with Crippen LogP contribution in [0.3, 0.4) is 0 Å². The summed E-state index contributed by atoms with van der Waals surface area (Å²) in [6, 6.07) is 9.66. The molecule has 1 aromatic carbocycles. The van der Waals surface area contributed by atoms with Crippen molar-refractivity contribution in [1.29, 1.82) is 0 Å². The van der Waals surface area contributed by atoms with Gasteiger partial charge >= 0.3 is 5.97 Å². The Kier molecular flexibility index (Phi) is 5.26. The lowest BCUT2D eigenvalue weighted by atomic mass is 10.1. The van der Waals surface area contributed by atoms with E-state index in [0.29, 0.717) is 13.2 Å². The Morgan fingerprint density at radius 3 is 2.75 bits per heavy atom. The van der Waals surface area contributed by atoms with Crippen molar-refractivity contribution in [3.05, 3.63) is 40.2 Å². The fourth-order valence-electron chi connectivity index (χ4n) is 1.84. The maximum absolute atomic E-state index is 11.0. The van der Waals surface area contributed by atoms with Crippen LogP contribution in [0.1, 0.15) is 23.2 Å². The Morgan fingerprint density at radius 1 is 1.35 bits per heavy atom. The number of rotatable bonds is 7. The highest BCUT2D eigenvalue weighted by molar-refractivity contribution is 7.12. The number of carboxylic acids is 1. The lowest BCUT2D eigenvalue weighted by molar-refractivity contribution is -0.136.